The molecule has 0 bridgehead atoms. The maximum Gasteiger partial charge on any atom is 0.243 e. The van der Waals surface area contributed by atoms with Crippen molar-refractivity contribution < 1.29 is 17.6 Å². The van der Waals surface area contributed by atoms with Crippen LogP contribution in [0, 0.1) is 31.0 Å². The Kier molecular flexibility index (Phi) is 7.82. The van der Waals surface area contributed by atoms with Crippen LogP contribution in [-0.2, 0) is 27.9 Å². The van der Waals surface area contributed by atoms with Crippen LogP contribution in [0.25, 0.3) is 0 Å². The third-order valence-electron chi connectivity index (χ3n) is 5.62. The molecule has 34 heavy (non-hydrogen) atoms. The van der Waals surface area contributed by atoms with Crippen molar-refractivity contribution in [3.8, 4) is 6.07 Å². The maximum atomic E-state index is 13.7. The fraction of sp³-hybridized carbons (Fsp3) is 0.231. The van der Waals surface area contributed by atoms with E-state index in [1.807, 2.05) is 19.9 Å². The molecule has 8 heteroatoms. The number of benzene rings is 3. The summed E-state index contributed by atoms with van der Waals surface area (Å²) in [5.74, 6) is -0.846. The average molecular weight is 480 g/mol. The van der Waals surface area contributed by atoms with Gasteiger partial charge in [0.2, 0.25) is 15.9 Å². The van der Waals surface area contributed by atoms with Crippen molar-refractivity contribution in [2.45, 2.75) is 31.8 Å². The van der Waals surface area contributed by atoms with E-state index in [1.165, 1.54) is 30.1 Å². The van der Waals surface area contributed by atoms with E-state index in [2.05, 4.69) is 0 Å². The largest absolute Gasteiger partial charge is 0.333 e. The van der Waals surface area contributed by atoms with Crippen LogP contribution in [0.15, 0.2) is 71.6 Å². The van der Waals surface area contributed by atoms with Gasteiger partial charge in [0.15, 0.2) is 0 Å². The highest BCUT2D eigenvalue weighted by atomic mass is 32.2. The molecule has 0 heterocycles. The van der Waals surface area contributed by atoms with E-state index in [4.69, 9.17) is 5.26 Å². The number of nitrogens with zero attached hydrogens (tertiary/aromatic N) is 3. The van der Waals surface area contributed by atoms with Gasteiger partial charge in [-0.25, -0.2) is 12.8 Å². The summed E-state index contributed by atoms with van der Waals surface area (Å²) < 4.78 is 40.9. The van der Waals surface area contributed by atoms with Crippen molar-refractivity contribution in [1.82, 2.24) is 9.21 Å². The normalized spacial score (nSPS) is 11.3. The van der Waals surface area contributed by atoms with E-state index in [0.29, 0.717) is 11.1 Å². The van der Waals surface area contributed by atoms with E-state index in [-0.39, 0.29) is 24.5 Å². The van der Waals surface area contributed by atoms with Crippen LogP contribution in [0.1, 0.15) is 27.8 Å². The predicted octanol–water partition coefficient (Wildman–Crippen LogP) is 4.16. The Morgan fingerprint density at radius 2 is 1.62 bits per heavy atom. The van der Waals surface area contributed by atoms with Gasteiger partial charge in [0.25, 0.3) is 0 Å². The number of likely N-dealkylation sites (N-methyl/N-ethyl adjacent to an activating group) is 1. The zero-order chi connectivity index (χ0) is 24.9. The van der Waals surface area contributed by atoms with E-state index in [0.717, 1.165) is 21.0 Å². The van der Waals surface area contributed by atoms with Crippen LogP contribution >= 0.6 is 0 Å². The molecule has 0 atom stereocenters. The van der Waals surface area contributed by atoms with Crippen molar-refractivity contribution in [2.24, 2.45) is 0 Å². The second-order valence-corrected chi connectivity index (χ2v) is 10.2. The number of carbonyl (C=O) groups excluding carboxylic acids is 1. The average Bonchev–Trinajstić information content (AvgIpc) is 2.80. The Bertz CT molecular complexity index is 1330. The number of sulfonamides is 1. The number of carbonyl (C=O) groups is 1. The lowest BCUT2D eigenvalue weighted by molar-refractivity contribution is -0.132. The Morgan fingerprint density at radius 3 is 2.24 bits per heavy atom. The summed E-state index contributed by atoms with van der Waals surface area (Å²) in [5, 5.41) is 9.01. The Hall–Kier alpha value is -3.54. The monoisotopic (exact) mass is 479 g/mol. The van der Waals surface area contributed by atoms with Gasteiger partial charge in [0.05, 0.1) is 23.1 Å². The summed E-state index contributed by atoms with van der Waals surface area (Å²) in [6.45, 7) is 3.64. The molecule has 0 N–H and O–H groups in total. The number of amides is 1. The van der Waals surface area contributed by atoms with E-state index in [9.17, 15) is 17.6 Å². The second-order valence-electron chi connectivity index (χ2n) is 8.20. The minimum Gasteiger partial charge on any atom is -0.333 e. The number of hydrogen-bond acceptors (Lipinski definition) is 4. The van der Waals surface area contributed by atoms with Crippen LogP contribution in [0.4, 0.5) is 4.39 Å². The summed E-state index contributed by atoms with van der Waals surface area (Å²) in [6, 6.07) is 19.6. The number of hydrogen-bond donors (Lipinski definition) is 0. The molecule has 6 nitrogen and oxygen atoms in total. The lowest BCUT2D eigenvalue weighted by Gasteiger charge is -2.26. The predicted molar refractivity (Wildman–Crippen MR) is 128 cm³/mol. The lowest BCUT2D eigenvalue weighted by Crippen LogP contribution is -2.40. The Labute approximate surface area is 199 Å². The molecule has 0 unspecified atom stereocenters. The van der Waals surface area contributed by atoms with Gasteiger partial charge >= 0.3 is 0 Å². The summed E-state index contributed by atoms with van der Waals surface area (Å²) in [4.78, 5) is 14.8. The maximum absolute atomic E-state index is 13.7. The molecule has 0 fully saturated rings. The number of nitriles is 1. The van der Waals surface area contributed by atoms with Crippen LogP contribution < -0.4 is 0 Å². The molecule has 0 aliphatic rings. The van der Waals surface area contributed by atoms with Gasteiger partial charge in [0, 0.05) is 20.1 Å². The molecule has 0 saturated carbocycles. The molecule has 0 spiro atoms. The molecule has 176 valence electrons. The first kappa shape index (κ1) is 25.1. The highest BCUT2D eigenvalue weighted by molar-refractivity contribution is 7.89. The van der Waals surface area contributed by atoms with Crippen LogP contribution in [-0.4, -0.2) is 37.1 Å². The third-order valence-corrected chi connectivity index (χ3v) is 7.42. The standard InChI is InChI=1S/C26H26FN3O3S/c1-19-7-12-25(13-20(19)2)34(32,33)29(3)18-26(31)30(17-23-5-4-6-24(27)14-23)16-22-10-8-21(15-28)9-11-22/h4-14H,16-18H2,1-3H3. The first-order valence-corrected chi connectivity index (χ1v) is 12.1. The molecular formula is C26H26FN3O3S. The van der Waals surface area contributed by atoms with Crippen LogP contribution in [0.3, 0.4) is 0 Å². The highest BCUT2D eigenvalue weighted by Gasteiger charge is 2.26. The van der Waals surface area contributed by atoms with Crippen molar-refractivity contribution in [2.75, 3.05) is 13.6 Å². The summed E-state index contributed by atoms with van der Waals surface area (Å²) >= 11 is 0. The van der Waals surface area contributed by atoms with Crippen molar-refractivity contribution in [3.05, 3.63) is 100 Å². The lowest BCUT2D eigenvalue weighted by atomic mass is 10.1. The molecule has 0 radical (unpaired) electrons. The van der Waals surface area contributed by atoms with Gasteiger partial charge in [-0.05, 0) is 72.5 Å². The first-order chi connectivity index (χ1) is 16.1. The molecule has 0 aromatic heterocycles. The second kappa shape index (κ2) is 10.6. The van der Waals surface area contributed by atoms with Crippen LogP contribution in [0.5, 0.6) is 0 Å². The zero-order valence-corrected chi connectivity index (χ0v) is 20.1. The molecule has 3 rings (SSSR count). The molecular weight excluding hydrogens is 453 g/mol. The molecule has 3 aromatic rings. The molecule has 0 saturated heterocycles. The Balaban J connectivity index is 1.84. The topological polar surface area (TPSA) is 81.5 Å². The van der Waals surface area contributed by atoms with Gasteiger partial charge in [-0.15, -0.1) is 0 Å². The van der Waals surface area contributed by atoms with Crippen LogP contribution in [0.2, 0.25) is 0 Å². The summed E-state index contributed by atoms with van der Waals surface area (Å²) in [6.07, 6.45) is 0. The summed E-state index contributed by atoms with van der Waals surface area (Å²) in [5.41, 5.74) is 3.66. The molecule has 1 amide bonds. The van der Waals surface area contributed by atoms with E-state index in [1.54, 1.807) is 48.5 Å². The van der Waals surface area contributed by atoms with Gasteiger partial charge in [-0.3, -0.25) is 4.79 Å². The quantitative estimate of drug-likeness (QED) is 0.486. The fourth-order valence-electron chi connectivity index (χ4n) is 3.42. The Morgan fingerprint density at radius 1 is 0.941 bits per heavy atom. The number of halogens is 1. The molecule has 0 aliphatic carbocycles. The number of rotatable bonds is 8. The van der Waals surface area contributed by atoms with Gasteiger partial charge in [-0.1, -0.05) is 30.3 Å². The van der Waals surface area contributed by atoms with Gasteiger partial charge < -0.3 is 4.90 Å². The summed E-state index contributed by atoms with van der Waals surface area (Å²) in [7, 11) is -2.51. The third kappa shape index (κ3) is 6.07. The smallest absolute Gasteiger partial charge is 0.243 e. The SMILES string of the molecule is Cc1ccc(S(=O)(=O)N(C)CC(=O)N(Cc2ccc(C#N)cc2)Cc2cccc(F)c2)cc1C. The minimum absolute atomic E-state index is 0.105. The molecule has 0 aliphatic heterocycles. The van der Waals surface area contributed by atoms with Gasteiger partial charge in [0.1, 0.15) is 5.82 Å². The molecule has 3 aromatic carbocycles. The highest BCUT2D eigenvalue weighted by Crippen LogP contribution is 2.19. The zero-order valence-electron chi connectivity index (χ0n) is 19.3. The number of aryl methyl sites for hydroxylation is 2. The van der Waals surface area contributed by atoms with Crippen molar-refractivity contribution in [3.63, 3.8) is 0 Å². The first-order valence-electron chi connectivity index (χ1n) is 10.6. The minimum atomic E-state index is -3.88. The van der Waals surface area contributed by atoms with Gasteiger partial charge in [-0.2, -0.15) is 9.57 Å². The van der Waals surface area contributed by atoms with E-state index >= 15 is 0 Å². The van der Waals surface area contributed by atoms with Crippen molar-refractivity contribution in [1.29, 1.82) is 5.26 Å². The van der Waals surface area contributed by atoms with Crippen molar-refractivity contribution >= 4 is 15.9 Å². The fourth-order valence-corrected chi connectivity index (χ4v) is 4.63. The van der Waals surface area contributed by atoms with E-state index < -0.39 is 21.7 Å².